The van der Waals surface area contributed by atoms with Gasteiger partial charge in [-0.3, -0.25) is 14.5 Å². The first-order valence-corrected chi connectivity index (χ1v) is 15.4. The van der Waals surface area contributed by atoms with Gasteiger partial charge in [-0.05, 0) is 55.8 Å². The standard InChI is InChI=1S/C27H31ClN4O5S2/c1-27(2,3)37-24(33)17-30-9-8-22-23(16-30)38-25(29-22)26(34)31-10-12-32(13-11-31)39(35,36)21-7-5-18-14-20(28)6-4-19(18)15-21/h4-7,14-15H,8-13,16-17H2,1-3H3. The number of nitrogens with zero attached hydrogens (tertiary/aromatic N) is 4. The Balaban J connectivity index is 1.20. The number of carbonyl (C=O) groups excluding carboxylic acids is 2. The number of hydrogen-bond donors (Lipinski definition) is 0. The Kier molecular flexibility index (Phi) is 7.73. The van der Waals surface area contributed by atoms with E-state index in [2.05, 4.69) is 4.98 Å². The molecule has 0 radical (unpaired) electrons. The van der Waals surface area contributed by atoms with Crippen molar-refractivity contribution in [2.75, 3.05) is 39.3 Å². The number of carbonyl (C=O) groups is 2. The monoisotopic (exact) mass is 590 g/mol. The highest BCUT2D eigenvalue weighted by Gasteiger charge is 2.33. The second kappa shape index (κ2) is 10.8. The largest absolute Gasteiger partial charge is 0.459 e. The van der Waals surface area contributed by atoms with Gasteiger partial charge in [0, 0.05) is 55.6 Å². The number of hydrogen-bond acceptors (Lipinski definition) is 8. The first kappa shape index (κ1) is 28.0. The number of thiazole rings is 1. The molecule has 1 aromatic heterocycles. The van der Waals surface area contributed by atoms with E-state index < -0.39 is 15.6 Å². The summed E-state index contributed by atoms with van der Waals surface area (Å²) in [5.41, 5.74) is 0.359. The van der Waals surface area contributed by atoms with Crippen molar-refractivity contribution in [3.8, 4) is 0 Å². The van der Waals surface area contributed by atoms with E-state index >= 15 is 0 Å². The fraction of sp³-hybridized carbons (Fsp3) is 0.444. The molecule has 0 bridgehead atoms. The quantitative estimate of drug-likeness (QED) is 0.417. The van der Waals surface area contributed by atoms with E-state index in [1.165, 1.54) is 15.6 Å². The van der Waals surface area contributed by atoms with Crippen molar-refractivity contribution < 1.29 is 22.7 Å². The Labute approximate surface area is 237 Å². The van der Waals surface area contributed by atoms with E-state index in [1.54, 1.807) is 41.3 Å². The minimum atomic E-state index is -3.70. The van der Waals surface area contributed by atoms with E-state index in [0.29, 0.717) is 29.5 Å². The molecule has 9 nitrogen and oxygen atoms in total. The van der Waals surface area contributed by atoms with E-state index in [1.807, 2.05) is 25.7 Å². The molecule has 12 heteroatoms. The van der Waals surface area contributed by atoms with Gasteiger partial charge in [0.15, 0.2) is 5.01 Å². The van der Waals surface area contributed by atoms with Crippen LogP contribution in [0.1, 0.15) is 41.1 Å². The molecule has 39 heavy (non-hydrogen) atoms. The first-order valence-electron chi connectivity index (χ1n) is 12.8. The molecule has 0 aliphatic carbocycles. The van der Waals surface area contributed by atoms with Crippen molar-refractivity contribution in [1.82, 2.24) is 19.1 Å². The van der Waals surface area contributed by atoms with Gasteiger partial charge < -0.3 is 9.64 Å². The number of esters is 1. The molecule has 5 rings (SSSR count). The van der Waals surface area contributed by atoms with Crippen LogP contribution in [0.15, 0.2) is 41.3 Å². The topological polar surface area (TPSA) is 100 Å². The molecule has 3 aromatic rings. The maximum absolute atomic E-state index is 13.3. The second-order valence-electron chi connectivity index (χ2n) is 10.8. The maximum Gasteiger partial charge on any atom is 0.320 e. The van der Waals surface area contributed by atoms with Gasteiger partial charge in [0.05, 0.1) is 17.1 Å². The molecular weight excluding hydrogens is 560 g/mol. The van der Waals surface area contributed by atoms with Crippen LogP contribution in [0.4, 0.5) is 0 Å². The summed E-state index contributed by atoms with van der Waals surface area (Å²) in [4.78, 5) is 34.9. The number of sulfonamides is 1. The fourth-order valence-electron chi connectivity index (χ4n) is 4.80. The summed E-state index contributed by atoms with van der Waals surface area (Å²) in [5.74, 6) is -0.458. The predicted octanol–water partition coefficient (Wildman–Crippen LogP) is 3.80. The van der Waals surface area contributed by atoms with Gasteiger partial charge in [-0.15, -0.1) is 11.3 Å². The van der Waals surface area contributed by atoms with Crippen LogP contribution in [0, 0.1) is 0 Å². The summed E-state index contributed by atoms with van der Waals surface area (Å²) >= 11 is 7.39. The fourth-order valence-corrected chi connectivity index (χ4v) is 7.56. The number of fused-ring (bicyclic) bond motifs is 2. The van der Waals surface area contributed by atoms with E-state index in [-0.39, 0.29) is 49.5 Å². The van der Waals surface area contributed by atoms with Crippen molar-refractivity contribution in [3.63, 3.8) is 0 Å². The number of rotatable bonds is 5. The minimum absolute atomic E-state index is 0.187. The Morgan fingerprint density at radius 2 is 1.72 bits per heavy atom. The maximum atomic E-state index is 13.3. The highest BCUT2D eigenvalue weighted by molar-refractivity contribution is 7.89. The van der Waals surface area contributed by atoms with E-state index in [4.69, 9.17) is 16.3 Å². The molecule has 2 aliphatic rings. The molecule has 2 aliphatic heterocycles. The Morgan fingerprint density at radius 3 is 2.44 bits per heavy atom. The highest BCUT2D eigenvalue weighted by atomic mass is 35.5. The molecule has 3 heterocycles. The molecule has 0 N–H and O–H groups in total. The molecule has 208 valence electrons. The molecule has 0 spiro atoms. The van der Waals surface area contributed by atoms with Crippen LogP contribution < -0.4 is 0 Å². The molecule has 0 saturated carbocycles. The molecule has 2 aromatic carbocycles. The van der Waals surface area contributed by atoms with Gasteiger partial charge >= 0.3 is 5.97 Å². The Morgan fingerprint density at radius 1 is 1.03 bits per heavy atom. The van der Waals surface area contributed by atoms with Gasteiger partial charge in [0.25, 0.3) is 5.91 Å². The predicted molar refractivity (Wildman–Crippen MR) is 151 cm³/mol. The summed E-state index contributed by atoms with van der Waals surface area (Å²) in [7, 11) is -3.70. The second-order valence-corrected chi connectivity index (χ2v) is 14.2. The molecule has 0 atom stereocenters. The van der Waals surface area contributed by atoms with Crippen molar-refractivity contribution in [3.05, 3.63) is 57.0 Å². The van der Waals surface area contributed by atoms with E-state index in [0.717, 1.165) is 21.3 Å². The minimum Gasteiger partial charge on any atom is -0.459 e. The lowest BCUT2D eigenvalue weighted by Gasteiger charge is -2.33. The van der Waals surface area contributed by atoms with Gasteiger partial charge in [0.1, 0.15) is 5.60 Å². The Bertz CT molecular complexity index is 1520. The van der Waals surface area contributed by atoms with Crippen molar-refractivity contribution >= 4 is 55.6 Å². The van der Waals surface area contributed by atoms with Crippen LogP contribution in [0.2, 0.25) is 5.02 Å². The van der Waals surface area contributed by atoms with Gasteiger partial charge in [-0.25, -0.2) is 13.4 Å². The van der Waals surface area contributed by atoms with Crippen LogP contribution in [0.25, 0.3) is 10.8 Å². The summed E-state index contributed by atoms with van der Waals surface area (Å²) in [6, 6.07) is 10.3. The van der Waals surface area contributed by atoms with Crippen LogP contribution in [0.5, 0.6) is 0 Å². The van der Waals surface area contributed by atoms with Gasteiger partial charge in [-0.1, -0.05) is 23.7 Å². The third-order valence-electron chi connectivity index (χ3n) is 6.70. The van der Waals surface area contributed by atoms with Gasteiger partial charge in [-0.2, -0.15) is 4.31 Å². The number of piperazine rings is 1. The molecular formula is C27H31ClN4O5S2. The summed E-state index contributed by atoms with van der Waals surface area (Å²) in [6.07, 6.45) is 0.659. The van der Waals surface area contributed by atoms with Crippen LogP contribution >= 0.6 is 22.9 Å². The van der Waals surface area contributed by atoms with Crippen LogP contribution in [0.3, 0.4) is 0 Å². The number of halogens is 1. The first-order chi connectivity index (χ1) is 18.4. The third-order valence-corrected chi connectivity index (χ3v) is 9.90. The summed E-state index contributed by atoms with van der Waals surface area (Å²) in [5, 5.41) is 2.67. The molecule has 1 saturated heterocycles. The normalized spacial score (nSPS) is 17.3. The lowest BCUT2D eigenvalue weighted by Crippen LogP contribution is -2.50. The molecule has 1 amide bonds. The number of amides is 1. The highest BCUT2D eigenvalue weighted by Crippen LogP contribution is 2.28. The number of benzene rings is 2. The number of aromatic nitrogens is 1. The smallest absolute Gasteiger partial charge is 0.320 e. The molecule has 0 unspecified atom stereocenters. The molecule has 1 fully saturated rings. The zero-order valence-electron chi connectivity index (χ0n) is 22.1. The SMILES string of the molecule is CC(C)(C)OC(=O)CN1CCc2nc(C(=O)N3CCN(S(=O)(=O)c4ccc5cc(Cl)ccc5c4)CC3)sc2C1. The zero-order chi connectivity index (χ0) is 27.9. The third kappa shape index (κ3) is 6.28. The summed E-state index contributed by atoms with van der Waals surface area (Å²) < 4.78 is 33.5. The summed E-state index contributed by atoms with van der Waals surface area (Å²) in [6.45, 7) is 7.93. The van der Waals surface area contributed by atoms with Crippen molar-refractivity contribution in [2.24, 2.45) is 0 Å². The lowest BCUT2D eigenvalue weighted by molar-refractivity contribution is -0.156. The number of ether oxygens (including phenoxy) is 1. The lowest BCUT2D eigenvalue weighted by atomic mass is 10.1. The Hall–Kier alpha value is -2.57. The zero-order valence-corrected chi connectivity index (χ0v) is 24.5. The van der Waals surface area contributed by atoms with E-state index in [9.17, 15) is 18.0 Å². The average molecular weight is 591 g/mol. The average Bonchev–Trinajstić information content (AvgIpc) is 3.30. The van der Waals surface area contributed by atoms with Crippen molar-refractivity contribution in [2.45, 2.75) is 44.2 Å². The van der Waals surface area contributed by atoms with Crippen LogP contribution in [-0.2, 0) is 32.5 Å². The van der Waals surface area contributed by atoms with Gasteiger partial charge in [0.2, 0.25) is 10.0 Å². The van der Waals surface area contributed by atoms with Crippen LogP contribution in [-0.4, -0.2) is 84.3 Å². The van der Waals surface area contributed by atoms with Crippen molar-refractivity contribution in [1.29, 1.82) is 0 Å².